The van der Waals surface area contributed by atoms with Crippen molar-refractivity contribution < 1.29 is 23.1 Å². The van der Waals surface area contributed by atoms with E-state index in [4.69, 9.17) is 4.74 Å². The van der Waals surface area contributed by atoms with Crippen LogP contribution in [0.15, 0.2) is 60.7 Å². The van der Waals surface area contributed by atoms with Gasteiger partial charge in [-0.2, -0.15) is 0 Å². The molecule has 1 aliphatic rings. The molecule has 1 heterocycles. The normalized spacial score (nSPS) is 18.9. The summed E-state index contributed by atoms with van der Waals surface area (Å²) in [5.41, 5.74) is -1.89. The first-order chi connectivity index (χ1) is 13.9. The van der Waals surface area contributed by atoms with Crippen molar-refractivity contribution in [3.05, 3.63) is 77.9 Å². The number of fused-ring (bicyclic) bond motifs is 1. The van der Waals surface area contributed by atoms with E-state index in [1.807, 2.05) is 36.4 Å². The van der Waals surface area contributed by atoms with Gasteiger partial charge in [-0.3, -0.25) is 9.69 Å². The van der Waals surface area contributed by atoms with E-state index in [0.717, 1.165) is 33.9 Å². The van der Waals surface area contributed by atoms with Gasteiger partial charge in [-0.15, -0.1) is 0 Å². The van der Waals surface area contributed by atoms with Crippen LogP contribution >= 0.6 is 0 Å². The summed E-state index contributed by atoms with van der Waals surface area (Å²) in [6, 6.07) is 15.5. The molecule has 0 saturated carbocycles. The molecule has 5 nitrogen and oxygen atoms in total. The van der Waals surface area contributed by atoms with Crippen molar-refractivity contribution in [1.29, 1.82) is 0 Å². The average molecular weight is 396 g/mol. The fourth-order valence-corrected chi connectivity index (χ4v) is 3.48. The Kier molecular flexibility index (Phi) is 4.66. The Balaban J connectivity index is 1.47. The molecule has 0 bridgehead atoms. The van der Waals surface area contributed by atoms with Gasteiger partial charge >= 0.3 is 6.03 Å². The molecule has 1 unspecified atom stereocenters. The van der Waals surface area contributed by atoms with Crippen molar-refractivity contribution in [2.75, 3.05) is 13.2 Å². The smallest absolute Gasteiger partial charge is 0.325 e. The van der Waals surface area contributed by atoms with Crippen molar-refractivity contribution in [1.82, 2.24) is 10.2 Å². The minimum Gasteiger partial charge on any atom is -0.492 e. The number of amides is 3. The van der Waals surface area contributed by atoms with Crippen LogP contribution in [-0.2, 0) is 10.3 Å². The first-order valence-electron chi connectivity index (χ1n) is 9.10. The maximum atomic E-state index is 14.2. The summed E-state index contributed by atoms with van der Waals surface area (Å²) in [6.45, 7) is 1.40. The van der Waals surface area contributed by atoms with E-state index >= 15 is 0 Å². The van der Waals surface area contributed by atoms with Crippen LogP contribution in [0.4, 0.5) is 13.6 Å². The van der Waals surface area contributed by atoms with Crippen LogP contribution in [0, 0.1) is 11.6 Å². The Morgan fingerprint density at radius 1 is 1.00 bits per heavy atom. The van der Waals surface area contributed by atoms with Crippen LogP contribution in [0.25, 0.3) is 10.8 Å². The standard InChI is InChI=1S/C22H18F2N2O3/c1-22(18-13-16(23)7-9-19(18)24)20(27)26(21(28)25-22)10-11-29-17-8-6-14-4-2-3-5-15(14)12-17/h2-9,12-13H,10-11H2,1H3,(H,25,28). The van der Waals surface area contributed by atoms with E-state index < -0.39 is 29.1 Å². The van der Waals surface area contributed by atoms with Crippen molar-refractivity contribution in [3.8, 4) is 5.75 Å². The Labute approximate surface area is 165 Å². The van der Waals surface area contributed by atoms with Gasteiger partial charge in [0.1, 0.15) is 29.5 Å². The molecule has 0 aromatic heterocycles. The first-order valence-corrected chi connectivity index (χ1v) is 9.10. The largest absolute Gasteiger partial charge is 0.492 e. The highest BCUT2D eigenvalue weighted by Crippen LogP contribution is 2.31. The second-order valence-electron chi connectivity index (χ2n) is 6.99. The molecule has 0 aliphatic carbocycles. The lowest BCUT2D eigenvalue weighted by atomic mass is 9.91. The summed E-state index contributed by atoms with van der Waals surface area (Å²) in [6.07, 6.45) is 0. The zero-order chi connectivity index (χ0) is 20.6. The Hall–Kier alpha value is -3.48. The van der Waals surface area contributed by atoms with E-state index in [1.165, 1.54) is 6.92 Å². The summed E-state index contributed by atoms with van der Waals surface area (Å²) in [5, 5.41) is 4.54. The summed E-state index contributed by atoms with van der Waals surface area (Å²) >= 11 is 0. The van der Waals surface area contributed by atoms with E-state index in [0.29, 0.717) is 5.75 Å². The number of hydrogen-bond donors (Lipinski definition) is 1. The number of nitrogens with one attached hydrogen (secondary N) is 1. The van der Waals surface area contributed by atoms with Gasteiger partial charge < -0.3 is 10.1 Å². The van der Waals surface area contributed by atoms with Gasteiger partial charge in [0.15, 0.2) is 0 Å². The maximum absolute atomic E-state index is 14.2. The van der Waals surface area contributed by atoms with Crippen molar-refractivity contribution in [2.24, 2.45) is 0 Å². The van der Waals surface area contributed by atoms with Crippen LogP contribution < -0.4 is 10.1 Å². The highest BCUT2D eigenvalue weighted by molar-refractivity contribution is 6.07. The van der Waals surface area contributed by atoms with E-state index in [9.17, 15) is 18.4 Å². The SMILES string of the molecule is CC1(c2cc(F)ccc2F)NC(=O)N(CCOc2ccc3ccccc3c2)C1=O. The summed E-state index contributed by atoms with van der Waals surface area (Å²) in [7, 11) is 0. The molecule has 1 atom stereocenters. The predicted molar refractivity (Wildman–Crippen MR) is 103 cm³/mol. The van der Waals surface area contributed by atoms with Gasteiger partial charge in [0.05, 0.1) is 6.54 Å². The first kappa shape index (κ1) is 18.9. The fraction of sp³-hybridized carbons (Fsp3) is 0.182. The van der Waals surface area contributed by atoms with Crippen molar-refractivity contribution in [2.45, 2.75) is 12.5 Å². The quantitative estimate of drug-likeness (QED) is 0.664. The predicted octanol–water partition coefficient (Wildman–Crippen LogP) is 3.96. The van der Waals surface area contributed by atoms with Crippen LogP contribution in [0.3, 0.4) is 0 Å². The van der Waals surface area contributed by atoms with E-state index in [2.05, 4.69) is 5.32 Å². The Bertz CT molecular complexity index is 1120. The number of carbonyl (C=O) groups excluding carboxylic acids is 2. The number of urea groups is 1. The molecule has 148 valence electrons. The average Bonchev–Trinajstić information content (AvgIpc) is 2.93. The van der Waals surface area contributed by atoms with Gasteiger partial charge in [-0.05, 0) is 48.0 Å². The molecular weight excluding hydrogens is 378 g/mol. The summed E-state index contributed by atoms with van der Waals surface area (Å²) in [5.74, 6) is -1.51. The Morgan fingerprint density at radius 2 is 1.76 bits per heavy atom. The molecule has 1 aliphatic heterocycles. The number of halogens is 2. The minimum atomic E-state index is -1.67. The number of rotatable bonds is 5. The fourth-order valence-electron chi connectivity index (χ4n) is 3.48. The molecule has 3 aromatic rings. The van der Waals surface area contributed by atoms with E-state index in [-0.39, 0.29) is 18.7 Å². The van der Waals surface area contributed by atoms with Gasteiger partial charge in [-0.1, -0.05) is 30.3 Å². The van der Waals surface area contributed by atoms with Crippen molar-refractivity contribution >= 4 is 22.7 Å². The molecule has 1 N–H and O–H groups in total. The number of ether oxygens (including phenoxy) is 1. The van der Waals surface area contributed by atoms with Crippen LogP contribution in [-0.4, -0.2) is 30.0 Å². The zero-order valence-corrected chi connectivity index (χ0v) is 15.6. The Morgan fingerprint density at radius 3 is 2.55 bits per heavy atom. The maximum Gasteiger partial charge on any atom is 0.325 e. The van der Waals surface area contributed by atoms with Crippen LogP contribution in [0.1, 0.15) is 12.5 Å². The molecule has 3 amide bonds. The number of benzene rings is 3. The third-order valence-corrected chi connectivity index (χ3v) is 5.05. The molecule has 7 heteroatoms. The molecule has 29 heavy (non-hydrogen) atoms. The number of carbonyl (C=O) groups is 2. The molecule has 0 spiro atoms. The lowest BCUT2D eigenvalue weighted by molar-refractivity contribution is -0.131. The van der Waals surface area contributed by atoms with Gasteiger partial charge in [0.2, 0.25) is 0 Å². The van der Waals surface area contributed by atoms with Crippen molar-refractivity contribution in [3.63, 3.8) is 0 Å². The number of hydrogen-bond acceptors (Lipinski definition) is 3. The van der Waals surface area contributed by atoms with Gasteiger partial charge in [-0.25, -0.2) is 13.6 Å². The third-order valence-electron chi connectivity index (χ3n) is 5.05. The molecule has 0 radical (unpaired) electrons. The molecular formula is C22H18F2N2O3. The van der Waals surface area contributed by atoms with Gasteiger partial charge in [0.25, 0.3) is 5.91 Å². The topological polar surface area (TPSA) is 58.6 Å². The van der Waals surface area contributed by atoms with Crippen LogP contribution in [0.2, 0.25) is 0 Å². The summed E-state index contributed by atoms with van der Waals surface area (Å²) < 4.78 is 33.4. The lowest BCUT2D eigenvalue weighted by Crippen LogP contribution is -2.42. The molecule has 1 fully saturated rings. The van der Waals surface area contributed by atoms with E-state index in [1.54, 1.807) is 6.07 Å². The molecule has 1 saturated heterocycles. The zero-order valence-electron chi connectivity index (χ0n) is 15.6. The highest BCUT2D eigenvalue weighted by Gasteiger charge is 2.50. The third kappa shape index (κ3) is 3.40. The molecule has 4 rings (SSSR count). The highest BCUT2D eigenvalue weighted by atomic mass is 19.1. The monoisotopic (exact) mass is 396 g/mol. The van der Waals surface area contributed by atoms with Gasteiger partial charge in [0, 0.05) is 5.56 Å². The summed E-state index contributed by atoms with van der Waals surface area (Å²) in [4.78, 5) is 26.1. The second-order valence-corrected chi connectivity index (χ2v) is 6.99. The molecule has 3 aromatic carbocycles. The minimum absolute atomic E-state index is 0.0238. The van der Waals surface area contributed by atoms with Crippen LogP contribution in [0.5, 0.6) is 5.75 Å². The number of nitrogens with zero attached hydrogens (tertiary/aromatic N) is 1. The lowest BCUT2D eigenvalue weighted by Gasteiger charge is -2.22. The second kappa shape index (κ2) is 7.16. The number of imide groups is 1.